The molecule has 14 heavy (non-hydrogen) atoms. The minimum Gasteiger partial charge on any atom is -0.311 e. The summed E-state index contributed by atoms with van der Waals surface area (Å²) < 4.78 is 0. The van der Waals surface area contributed by atoms with E-state index in [-0.39, 0.29) is 0 Å². The Labute approximate surface area is 92.8 Å². The van der Waals surface area contributed by atoms with Crippen LogP contribution in [0.4, 0.5) is 0 Å². The van der Waals surface area contributed by atoms with Gasteiger partial charge in [0.05, 0.1) is 0 Å². The Hall–Kier alpha value is 0.270. The Bertz CT molecular complexity index is 152. The van der Waals surface area contributed by atoms with E-state index in [9.17, 15) is 0 Å². The van der Waals surface area contributed by atoms with Crippen LogP contribution in [0, 0.1) is 0 Å². The van der Waals surface area contributed by atoms with Crippen molar-refractivity contribution in [2.45, 2.75) is 38.8 Å². The molecule has 0 bridgehead atoms. The quantitative estimate of drug-likeness (QED) is 0.706. The number of rotatable bonds is 5. The van der Waals surface area contributed by atoms with E-state index < -0.39 is 0 Å². The fourth-order valence-corrected chi connectivity index (χ4v) is 2.41. The van der Waals surface area contributed by atoms with Crippen LogP contribution in [0.1, 0.15) is 26.7 Å². The largest absolute Gasteiger partial charge is 0.311 e. The first-order valence-electron chi connectivity index (χ1n) is 5.74. The predicted octanol–water partition coefficient (Wildman–Crippen LogP) is 1.81. The summed E-state index contributed by atoms with van der Waals surface area (Å²) >= 11 is 1.96. The molecule has 0 aromatic carbocycles. The summed E-state index contributed by atoms with van der Waals surface area (Å²) in [4.78, 5) is 2.64. The van der Waals surface area contributed by atoms with E-state index in [0.717, 1.165) is 18.6 Å². The van der Waals surface area contributed by atoms with Crippen LogP contribution in [-0.4, -0.2) is 48.6 Å². The first-order chi connectivity index (χ1) is 6.77. The molecular weight excluding hydrogens is 192 g/mol. The first kappa shape index (κ1) is 12.3. The number of nitrogens with one attached hydrogen (secondary N) is 1. The van der Waals surface area contributed by atoms with E-state index >= 15 is 0 Å². The Morgan fingerprint density at radius 1 is 1.50 bits per heavy atom. The molecule has 0 aromatic rings. The van der Waals surface area contributed by atoms with Gasteiger partial charge in [0.1, 0.15) is 0 Å². The van der Waals surface area contributed by atoms with Crippen LogP contribution in [0.2, 0.25) is 0 Å². The third-order valence-corrected chi connectivity index (χ3v) is 3.76. The number of hydrogen-bond donors (Lipinski definition) is 1. The molecule has 2 nitrogen and oxygen atoms in total. The summed E-state index contributed by atoms with van der Waals surface area (Å²) in [6.45, 7) is 8.29. The highest BCUT2D eigenvalue weighted by Crippen LogP contribution is 2.10. The summed E-state index contributed by atoms with van der Waals surface area (Å²) in [5.74, 6) is 1.30. The fraction of sp³-hybridized carbons (Fsp3) is 1.00. The van der Waals surface area contributed by atoms with Gasteiger partial charge in [-0.15, -0.1) is 0 Å². The van der Waals surface area contributed by atoms with Gasteiger partial charge < -0.3 is 5.32 Å². The molecule has 3 heteroatoms. The molecule has 0 aromatic heterocycles. The summed E-state index contributed by atoms with van der Waals surface area (Å²) in [6, 6.07) is 1.44. The third kappa shape index (κ3) is 3.79. The average molecular weight is 216 g/mol. The lowest BCUT2D eigenvalue weighted by Gasteiger charge is -2.38. The van der Waals surface area contributed by atoms with Gasteiger partial charge in [-0.1, -0.05) is 6.92 Å². The number of hydrogen-bond acceptors (Lipinski definition) is 3. The maximum Gasteiger partial charge on any atom is 0.0193 e. The van der Waals surface area contributed by atoms with Crippen molar-refractivity contribution in [2.24, 2.45) is 0 Å². The molecule has 1 aliphatic rings. The van der Waals surface area contributed by atoms with Crippen LogP contribution in [-0.2, 0) is 0 Å². The van der Waals surface area contributed by atoms with Gasteiger partial charge in [-0.05, 0) is 38.3 Å². The molecule has 2 atom stereocenters. The number of piperazine rings is 1. The van der Waals surface area contributed by atoms with Gasteiger partial charge in [0.15, 0.2) is 0 Å². The SMILES string of the molecule is CCC1CN(CCCSC)C(C)CN1. The maximum atomic E-state index is 3.59. The predicted molar refractivity (Wildman–Crippen MR) is 66.1 cm³/mol. The van der Waals surface area contributed by atoms with E-state index in [1.54, 1.807) is 0 Å². The van der Waals surface area contributed by atoms with E-state index in [1.807, 2.05) is 11.8 Å². The summed E-state index contributed by atoms with van der Waals surface area (Å²) in [6.07, 6.45) is 4.78. The van der Waals surface area contributed by atoms with Crippen molar-refractivity contribution >= 4 is 11.8 Å². The van der Waals surface area contributed by atoms with Crippen molar-refractivity contribution in [3.8, 4) is 0 Å². The van der Waals surface area contributed by atoms with Gasteiger partial charge in [0.2, 0.25) is 0 Å². The smallest absolute Gasteiger partial charge is 0.0193 e. The molecule has 0 radical (unpaired) electrons. The first-order valence-corrected chi connectivity index (χ1v) is 7.13. The van der Waals surface area contributed by atoms with Crippen LogP contribution in [0.3, 0.4) is 0 Å². The zero-order valence-corrected chi connectivity index (χ0v) is 10.6. The molecule has 1 saturated heterocycles. The van der Waals surface area contributed by atoms with Crippen molar-refractivity contribution in [1.82, 2.24) is 10.2 Å². The standard InChI is InChI=1S/C11H24N2S/c1-4-11-9-13(6-5-7-14-3)10(2)8-12-11/h10-12H,4-9H2,1-3H3. The lowest BCUT2D eigenvalue weighted by atomic mass is 10.1. The Balaban J connectivity index is 2.25. The Morgan fingerprint density at radius 3 is 2.93 bits per heavy atom. The van der Waals surface area contributed by atoms with E-state index in [2.05, 4.69) is 30.3 Å². The summed E-state index contributed by atoms with van der Waals surface area (Å²) in [7, 11) is 0. The number of nitrogens with zero attached hydrogens (tertiary/aromatic N) is 1. The second-order valence-electron chi connectivity index (χ2n) is 4.20. The van der Waals surface area contributed by atoms with Gasteiger partial charge in [0.25, 0.3) is 0 Å². The average Bonchev–Trinajstić information content (AvgIpc) is 2.21. The second-order valence-corrected chi connectivity index (χ2v) is 5.19. The lowest BCUT2D eigenvalue weighted by molar-refractivity contribution is 0.140. The summed E-state index contributed by atoms with van der Waals surface area (Å²) in [5.41, 5.74) is 0. The van der Waals surface area contributed by atoms with Crippen molar-refractivity contribution < 1.29 is 0 Å². The van der Waals surface area contributed by atoms with E-state index in [4.69, 9.17) is 0 Å². The molecule has 0 aliphatic carbocycles. The van der Waals surface area contributed by atoms with Crippen LogP contribution >= 0.6 is 11.8 Å². The highest BCUT2D eigenvalue weighted by atomic mass is 32.2. The summed E-state index contributed by atoms with van der Waals surface area (Å²) in [5, 5.41) is 3.59. The highest BCUT2D eigenvalue weighted by Gasteiger charge is 2.22. The molecular formula is C11H24N2S. The normalized spacial score (nSPS) is 29.4. The van der Waals surface area contributed by atoms with Gasteiger partial charge in [-0.25, -0.2) is 0 Å². The van der Waals surface area contributed by atoms with Crippen molar-refractivity contribution in [1.29, 1.82) is 0 Å². The van der Waals surface area contributed by atoms with Crippen LogP contribution < -0.4 is 5.32 Å². The fourth-order valence-electron chi connectivity index (χ4n) is 1.99. The lowest BCUT2D eigenvalue weighted by Crippen LogP contribution is -2.55. The molecule has 1 rings (SSSR count). The van der Waals surface area contributed by atoms with Crippen molar-refractivity contribution in [3.63, 3.8) is 0 Å². The Morgan fingerprint density at radius 2 is 2.29 bits per heavy atom. The highest BCUT2D eigenvalue weighted by molar-refractivity contribution is 7.98. The van der Waals surface area contributed by atoms with Gasteiger partial charge in [-0.3, -0.25) is 4.90 Å². The molecule has 84 valence electrons. The second kappa shape index (κ2) is 6.70. The van der Waals surface area contributed by atoms with Crippen molar-refractivity contribution in [3.05, 3.63) is 0 Å². The van der Waals surface area contributed by atoms with Crippen LogP contribution in [0.5, 0.6) is 0 Å². The molecule has 1 fully saturated rings. The molecule has 1 aliphatic heterocycles. The number of thioether (sulfide) groups is 1. The molecule has 1 N–H and O–H groups in total. The van der Waals surface area contributed by atoms with Crippen LogP contribution in [0.15, 0.2) is 0 Å². The zero-order valence-electron chi connectivity index (χ0n) is 9.75. The van der Waals surface area contributed by atoms with Crippen LogP contribution in [0.25, 0.3) is 0 Å². The van der Waals surface area contributed by atoms with Crippen molar-refractivity contribution in [2.75, 3.05) is 31.6 Å². The molecule has 0 saturated carbocycles. The molecule has 0 amide bonds. The molecule has 0 spiro atoms. The minimum atomic E-state index is 0.722. The molecule has 2 unspecified atom stereocenters. The topological polar surface area (TPSA) is 15.3 Å². The van der Waals surface area contributed by atoms with Gasteiger partial charge >= 0.3 is 0 Å². The zero-order chi connectivity index (χ0) is 10.4. The minimum absolute atomic E-state index is 0.722. The Kier molecular flexibility index (Phi) is 5.90. The molecule has 1 heterocycles. The van der Waals surface area contributed by atoms with Gasteiger partial charge in [-0.2, -0.15) is 11.8 Å². The van der Waals surface area contributed by atoms with Gasteiger partial charge in [0, 0.05) is 25.2 Å². The maximum absolute atomic E-state index is 3.59. The third-order valence-electron chi connectivity index (χ3n) is 3.07. The van der Waals surface area contributed by atoms with E-state index in [0.29, 0.717) is 0 Å². The van der Waals surface area contributed by atoms with E-state index in [1.165, 1.54) is 31.7 Å². The monoisotopic (exact) mass is 216 g/mol.